The summed E-state index contributed by atoms with van der Waals surface area (Å²) in [6.45, 7) is 4.97. The maximum Gasteiger partial charge on any atom is 0.124 e. The summed E-state index contributed by atoms with van der Waals surface area (Å²) in [6, 6.07) is 6.10. The van der Waals surface area contributed by atoms with Crippen molar-refractivity contribution in [2.45, 2.75) is 20.4 Å². The van der Waals surface area contributed by atoms with Gasteiger partial charge in [-0.2, -0.15) is 0 Å². The average Bonchev–Trinajstić information content (AvgIpc) is 2.70. The summed E-state index contributed by atoms with van der Waals surface area (Å²) in [5.74, 6) is 0. The van der Waals surface area contributed by atoms with Crippen LogP contribution in [0.15, 0.2) is 29.0 Å². The van der Waals surface area contributed by atoms with Crippen molar-refractivity contribution in [1.82, 2.24) is 9.72 Å². The van der Waals surface area contributed by atoms with Gasteiger partial charge in [0.05, 0.1) is 6.54 Å². The Kier molecular flexibility index (Phi) is 1.93. The van der Waals surface area contributed by atoms with Gasteiger partial charge in [0.15, 0.2) is 0 Å². The first-order chi connectivity index (χ1) is 6.27. The lowest BCUT2D eigenvalue weighted by Crippen LogP contribution is -2.03. The first-order valence-electron chi connectivity index (χ1n) is 4.29. The van der Waals surface area contributed by atoms with Crippen LogP contribution >= 0.6 is 0 Å². The zero-order chi connectivity index (χ0) is 9.26. The normalized spacial score (nSPS) is 10.6. The molecule has 13 heavy (non-hydrogen) atoms. The van der Waals surface area contributed by atoms with Crippen molar-refractivity contribution in [1.29, 1.82) is 0 Å². The number of hydrogen-bond acceptors (Lipinski definition) is 2. The van der Waals surface area contributed by atoms with Crippen molar-refractivity contribution in [3.8, 4) is 0 Å². The summed E-state index contributed by atoms with van der Waals surface area (Å²) in [6.07, 6.45) is 1.60. The number of aryl methyl sites for hydroxylation is 2. The second-order valence-corrected chi connectivity index (χ2v) is 3.19. The number of hydrogen-bond donors (Lipinski definition) is 0. The molecule has 2 heterocycles. The molecule has 3 heteroatoms. The predicted molar refractivity (Wildman–Crippen MR) is 49.5 cm³/mol. The Bertz CT molecular complexity index is 367. The highest BCUT2D eigenvalue weighted by Crippen LogP contribution is 2.09. The minimum absolute atomic E-state index is 0.793. The zero-order valence-electron chi connectivity index (χ0n) is 7.82. The van der Waals surface area contributed by atoms with Gasteiger partial charge in [-0.05, 0) is 26.0 Å². The minimum Gasteiger partial charge on any atom is -0.364 e. The highest BCUT2D eigenvalue weighted by Gasteiger charge is 2.03. The van der Waals surface area contributed by atoms with Crippen LogP contribution in [0.5, 0.6) is 0 Å². The van der Waals surface area contributed by atoms with Gasteiger partial charge < -0.3 is 9.09 Å². The maximum absolute atomic E-state index is 4.78. The molecular formula is C10H12N2O. The summed E-state index contributed by atoms with van der Waals surface area (Å²) >= 11 is 0. The molecule has 68 valence electrons. The smallest absolute Gasteiger partial charge is 0.124 e. The molecule has 0 amide bonds. The van der Waals surface area contributed by atoms with Gasteiger partial charge in [-0.3, -0.25) is 0 Å². The highest BCUT2D eigenvalue weighted by atomic mass is 16.5. The van der Waals surface area contributed by atoms with E-state index in [1.807, 2.05) is 6.07 Å². The van der Waals surface area contributed by atoms with Crippen molar-refractivity contribution < 1.29 is 4.52 Å². The molecule has 0 aliphatic heterocycles. The first-order valence-corrected chi connectivity index (χ1v) is 4.29. The van der Waals surface area contributed by atoms with E-state index in [1.54, 1.807) is 6.26 Å². The molecule has 0 bridgehead atoms. The standard InChI is InChI=1S/C10H12N2O/c1-8-3-4-9(2)12(8)7-10-5-6-13-11-10/h3-6H,7H2,1-2H3. The molecule has 0 aliphatic carbocycles. The van der Waals surface area contributed by atoms with Crippen molar-refractivity contribution in [3.63, 3.8) is 0 Å². The molecule has 2 aromatic heterocycles. The van der Waals surface area contributed by atoms with E-state index in [0.717, 1.165) is 12.2 Å². The molecule has 0 unspecified atom stereocenters. The van der Waals surface area contributed by atoms with Gasteiger partial charge in [0.25, 0.3) is 0 Å². The van der Waals surface area contributed by atoms with E-state index in [4.69, 9.17) is 4.52 Å². The Morgan fingerprint density at radius 1 is 1.23 bits per heavy atom. The minimum atomic E-state index is 0.793. The second kappa shape index (κ2) is 3.09. The van der Waals surface area contributed by atoms with Crippen molar-refractivity contribution in [2.75, 3.05) is 0 Å². The first kappa shape index (κ1) is 8.10. The summed E-state index contributed by atoms with van der Waals surface area (Å²) < 4.78 is 6.99. The zero-order valence-corrected chi connectivity index (χ0v) is 7.82. The van der Waals surface area contributed by atoms with Crippen LogP contribution < -0.4 is 0 Å². The van der Waals surface area contributed by atoms with Crippen LogP contribution in [0.3, 0.4) is 0 Å². The Balaban J connectivity index is 2.27. The Labute approximate surface area is 77.0 Å². The third kappa shape index (κ3) is 1.49. The molecule has 0 atom stereocenters. The van der Waals surface area contributed by atoms with Crippen LogP contribution in [0, 0.1) is 13.8 Å². The SMILES string of the molecule is Cc1ccc(C)n1Cc1ccon1. The summed E-state index contributed by atoms with van der Waals surface area (Å²) in [5.41, 5.74) is 3.46. The van der Waals surface area contributed by atoms with Gasteiger partial charge >= 0.3 is 0 Å². The molecule has 0 fully saturated rings. The van der Waals surface area contributed by atoms with E-state index in [2.05, 4.69) is 35.7 Å². The average molecular weight is 176 g/mol. The van der Waals surface area contributed by atoms with Crippen LogP contribution in [0.2, 0.25) is 0 Å². The lowest BCUT2D eigenvalue weighted by atomic mass is 10.4. The molecule has 0 radical (unpaired) electrons. The largest absolute Gasteiger partial charge is 0.364 e. The lowest BCUT2D eigenvalue weighted by Gasteiger charge is -2.05. The fourth-order valence-corrected chi connectivity index (χ4v) is 1.43. The van der Waals surface area contributed by atoms with Crippen LogP contribution in [0.4, 0.5) is 0 Å². The van der Waals surface area contributed by atoms with Crippen molar-refractivity contribution >= 4 is 0 Å². The van der Waals surface area contributed by atoms with Crippen LogP contribution in [-0.2, 0) is 6.54 Å². The van der Waals surface area contributed by atoms with Crippen molar-refractivity contribution in [2.24, 2.45) is 0 Å². The van der Waals surface area contributed by atoms with Gasteiger partial charge in [0, 0.05) is 17.5 Å². The van der Waals surface area contributed by atoms with Crippen LogP contribution in [0.25, 0.3) is 0 Å². The quantitative estimate of drug-likeness (QED) is 0.702. The van der Waals surface area contributed by atoms with E-state index in [0.29, 0.717) is 0 Å². The number of aromatic nitrogens is 2. The van der Waals surface area contributed by atoms with E-state index in [1.165, 1.54) is 11.4 Å². The maximum atomic E-state index is 4.78. The number of rotatable bonds is 2. The molecule has 0 saturated carbocycles. The second-order valence-electron chi connectivity index (χ2n) is 3.19. The van der Waals surface area contributed by atoms with Gasteiger partial charge in [0.2, 0.25) is 0 Å². The fourth-order valence-electron chi connectivity index (χ4n) is 1.43. The summed E-state index contributed by atoms with van der Waals surface area (Å²) in [5, 5.41) is 3.88. The fraction of sp³-hybridized carbons (Fsp3) is 0.300. The van der Waals surface area contributed by atoms with E-state index in [9.17, 15) is 0 Å². The predicted octanol–water partition coefficient (Wildman–Crippen LogP) is 2.14. The molecule has 0 aromatic carbocycles. The molecule has 0 saturated heterocycles. The topological polar surface area (TPSA) is 31.0 Å². The molecular weight excluding hydrogens is 164 g/mol. The Hall–Kier alpha value is -1.51. The van der Waals surface area contributed by atoms with Gasteiger partial charge in [-0.1, -0.05) is 5.16 Å². The lowest BCUT2D eigenvalue weighted by molar-refractivity contribution is 0.409. The van der Waals surface area contributed by atoms with Crippen LogP contribution in [-0.4, -0.2) is 9.72 Å². The number of nitrogens with zero attached hydrogens (tertiary/aromatic N) is 2. The molecule has 0 aliphatic rings. The molecule has 3 nitrogen and oxygen atoms in total. The summed E-state index contributed by atoms with van der Waals surface area (Å²) in [4.78, 5) is 0. The van der Waals surface area contributed by atoms with E-state index in [-0.39, 0.29) is 0 Å². The highest BCUT2D eigenvalue weighted by molar-refractivity contribution is 5.15. The third-order valence-corrected chi connectivity index (χ3v) is 2.23. The van der Waals surface area contributed by atoms with Crippen LogP contribution in [0.1, 0.15) is 17.1 Å². The Morgan fingerprint density at radius 3 is 2.46 bits per heavy atom. The molecule has 2 aromatic rings. The monoisotopic (exact) mass is 176 g/mol. The third-order valence-electron chi connectivity index (χ3n) is 2.23. The van der Waals surface area contributed by atoms with E-state index < -0.39 is 0 Å². The summed E-state index contributed by atoms with van der Waals surface area (Å²) in [7, 11) is 0. The van der Waals surface area contributed by atoms with Gasteiger partial charge in [0.1, 0.15) is 12.0 Å². The molecule has 0 spiro atoms. The Morgan fingerprint density at radius 2 is 1.92 bits per heavy atom. The van der Waals surface area contributed by atoms with Gasteiger partial charge in [-0.25, -0.2) is 0 Å². The van der Waals surface area contributed by atoms with Crippen molar-refractivity contribution in [3.05, 3.63) is 41.5 Å². The van der Waals surface area contributed by atoms with Gasteiger partial charge in [-0.15, -0.1) is 0 Å². The molecule has 2 rings (SSSR count). The molecule has 0 N–H and O–H groups in total. The van der Waals surface area contributed by atoms with E-state index >= 15 is 0 Å².